The van der Waals surface area contributed by atoms with E-state index in [1.165, 1.54) is 12.2 Å². The van der Waals surface area contributed by atoms with Gasteiger partial charge in [0.25, 0.3) is 0 Å². The van der Waals surface area contributed by atoms with Gasteiger partial charge >= 0.3 is 5.97 Å². The van der Waals surface area contributed by atoms with Crippen molar-refractivity contribution in [1.29, 1.82) is 0 Å². The summed E-state index contributed by atoms with van der Waals surface area (Å²) < 4.78 is 17.9. The fourth-order valence-corrected chi connectivity index (χ4v) is 5.06. The van der Waals surface area contributed by atoms with Crippen LogP contribution in [0.15, 0.2) is 53.5 Å². The third kappa shape index (κ3) is 8.69. The standard InChI is InChI=1S/C27H37BrO9/c1-16(28)15-20(36-27(34)17-5-3-2-4-6-17)9-7-18(30)8-11-21(31)25-23(32)24(33)26-22(37-25)12-10-19(35-26)13-14-29/h2-6,8,11,18-26,29-33H,1,7,9-10,12-15H2/b11-8+/t18?,19-,20+,21+,22+,23+,24-,25?,26+/m1/s1. The topological polar surface area (TPSA) is 146 Å². The molecule has 0 radical (unpaired) electrons. The highest BCUT2D eigenvalue weighted by Gasteiger charge is 2.49. The highest BCUT2D eigenvalue weighted by atomic mass is 79.9. The zero-order valence-corrected chi connectivity index (χ0v) is 22.2. The van der Waals surface area contributed by atoms with E-state index in [1.807, 2.05) is 0 Å². The lowest BCUT2D eigenvalue weighted by Crippen LogP contribution is -2.63. The molecule has 0 aliphatic carbocycles. The Morgan fingerprint density at radius 2 is 1.84 bits per heavy atom. The molecule has 0 saturated carbocycles. The van der Waals surface area contributed by atoms with Crippen molar-refractivity contribution in [2.24, 2.45) is 0 Å². The second kappa shape index (κ2) is 14.5. The van der Waals surface area contributed by atoms with Crippen LogP contribution in [0.25, 0.3) is 0 Å². The van der Waals surface area contributed by atoms with Crippen molar-refractivity contribution in [1.82, 2.24) is 0 Å². The smallest absolute Gasteiger partial charge is 0.338 e. The minimum absolute atomic E-state index is 0.0307. The molecule has 2 heterocycles. The maximum atomic E-state index is 12.4. The van der Waals surface area contributed by atoms with Gasteiger partial charge in [-0.1, -0.05) is 52.9 Å². The second-order valence-electron chi connectivity index (χ2n) is 9.57. The molecule has 2 fully saturated rings. The highest BCUT2D eigenvalue weighted by molar-refractivity contribution is 9.11. The predicted octanol–water partition coefficient (Wildman–Crippen LogP) is 1.99. The molecule has 0 aromatic heterocycles. The summed E-state index contributed by atoms with van der Waals surface area (Å²) in [5.74, 6) is -0.463. The van der Waals surface area contributed by atoms with E-state index in [9.17, 15) is 25.2 Å². The molecule has 5 N–H and O–H groups in total. The van der Waals surface area contributed by atoms with Crippen molar-refractivity contribution in [2.75, 3.05) is 6.61 Å². The van der Waals surface area contributed by atoms with Crippen LogP contribution in [0.1, 0.15) is 48.9 Å². The summed E-state index contributed by atoms with van der Waals surface area (Å²) in [5.41, 5.74) is 0.430. The van der Waals surface area contributed by atoms with E-state index >= 15 is 0 Å². The monoisotopic (exact) mass is 584 g/mol. The minimum Gasteiger partial charge on any atom is -0.458 e. The van der Waals surface area contributed by atoms with E-state index in [1.54, 1.807) is 30.3 Å². The molecular weight excluding hydrogens is 548 g/mol. The van der Waals surface area contributed by atoms with E-state index < -0.39 is 54.8 Å². The van der Waals surface area contributed by atoms with Crippen LogP contribution in [0, 0.1) is 0 Å². The number of esters is 1. The summed E-state index contributed by atoms with van der Waals surface area (Å²) in [5, 5.41) is 51.3. The van der Waals surface area contributed by atoms with Gasteiger partial charge in [-0.05, 0) is 48.7 Å². The molecule has 9 nitrogen and oxygen atoms in total. The first-order valence-electron chi connectivity index (χ1n) is 12.6. The summed E-state index contributed by atoms with van der Waals surface area (Å²) in [7, 11) is 0. The van der Waals surface area contributed by atoms with Crippen LogP contribution in [0.4, 0.5) is 0 Å². The van der Waals surface area contributed by atoms with Gasteiger partial charge in [0.05, 0.1) is 23.9 Å². The zero-order chi connectivity index (χ0) is 26.9. The molecular formula is C27H37BrO9. The van der Waals surface area contributed by atoms with Gasteiger partial charge < -0.3 is 39.7 Å². The van der Waals surface area contributed by atoms with Crippen molar-refractivity contribution in [3.05, 3.63) is 59.1 Å². The Morgan fingerprint density at radius 3 is 2.51 bits per heavy atom. The molecule has 10 heteroatoms. The SMILES string of the molecule is C=C(Br)C[C@H](CCC(O)/C=C/[C@H](O)C1O[C@H]2CC[C@H](CCO)O[C@@H]2[C@H](O)[C@@H]1O)OC(=O)c1ccccc1. The average Bonchev–Trinajstić information content (AvgIpc) is 2.88. The molecule has 1 aromatic carbocycles. The zero-order valence-electron chi connectivity index (χ0n) is 20.6. The third-order valence-electron chi connectivity index (χ3n) is 6.68. The number of hydrogen-bond acceptors (Lipinski definition) is 9. The Balaban J connectivity index is 1.52. The second-order valence-corrected chi connectivity index (χ2v) is 10.7. The van der Waals surface area contributed by atoms with E-state index in [0.717, 1.165) is 0 Å². The fourth-order valence-electron chi connectivity index (χ4n) is 4.70. The van der Waals surface area contributed by atoms with Crippen molar-refractivity contribution >= 4 is 21.9 Å². The Kier molecular flexibility index (Phi) is 11.7. The lowest BCUT2D eigenvalue weighted by Gasteiger charge is -2.47. The molecule has 9 atom stereocenters. The normalized spacial score (nSPS) is 30.3. The number of benzene rings is 1. The molecule has 2 saturated heterocycles. The van der Waals surface area contributed by atoms with E-state index in [-0.39, 0.29) is 19.1 Å². The van der Waals surface area contributed by atoms with Gasteiger partial charge in [0.2, 0.25) is 0 Å². The van der Waals surface area contributed by atoms with Crippen LogP contribution >= 0.6 is 15.9 Å². The Morgan fingerprint density at radius 1 is 1.11 bits per heavy atom. The van der Waals surface area contributed by atoms with Crippen LogP contribution < -0.4 is 0 Å². The van der Waals surface area contributed by atoms with E-state index in [0.29, 0.717) is 42.1 Å². The van der Waals surface area contributed by atoms with Gasteiger partial charge in [0.1, 0.15) is 36.6 Å². The van der Waals surface area contributed by atoms with Gasteiger partial charge in [0, 0.05) is 13.0 Å². The number of aliphatic hydroxyl groups excluding tert-OH is 5. The van der Waals surface area contributed by atoms with Crippen LogP contribution in [-0.4, -0.2) is 93.0 Å². The largest absolute Gasteiger partial charge is 0.458 e. The number of carbonyl (C=O) groups is 1. The first-order chi connectivity index (χ1) is 17.7. The lowest BCUT2D eigenvalue weighted by molar-refractivity contribution is -0.274. The first-order valence-corrected chi connectivity index (χ1v) is 13.4. The summed E-state index contributed by atoms with van der Waals surface area (Å²) in [6.45, 7) is 3.78. The van der Waals surface area contributed by atoms with E-state index in [2.05, 4.69) is 22.5 Å². The highest BCUT2D eigenvalue weighted by Crippen LogP contribution is 2.34. The molecule has 2 aliphatic heterocycles. The number of rotatable bonds is 12. The fraction of sp³-hybridized carbons (Fsp3) is 0.593. The molecule has 2 aliphatic rings. The maximum Gasteiger partial charge on any atom is 0.338 e. The molecule has 3 rings (SSSR count). The maximum absolute atomic E-state index is 12.4. The van der Waals surface area contributed by atoms with Crippen molar-refractivity contribution in [3.8, 4) is 0 Å². The molecule has 37 heavy (non-hydrogen) atoms. The Labute approximate surface area is 225 Å². The number of carbonyl (C=O) groups excluding carboxylic acids is 1. The number of aliphatic hydroxyl groups is 5. The van der Waals surface area contributed by atoms with Crippen LogP contribution in [0.3, 0.4) is 0 Å². The van der Waals surface area contributed by atoms with Gasteiger partial charge in [-0.2, -0.15) is 0 Å². The van der Waals surface area contributed by atoms with Crippen molar-refractivity contribution in [3.63, 3.8) is 0 Å². The summed E-state index contributed by atoms with van der Waals surface area (Å²) >= 11 is 3.29. The third-order valence-corrected chi connectivity index (χ3v) is 7.00. The van der Waals surface area contributed by atoms with Gasteiger partial charge in [0.15, 0.2) is 0 Å². The van der Waals surface area contributed by atoms with Crippen LogP contribution in [0.2, 0.25) is 0 Å². The van der Waals surface area contributed by atoms with Crippen LogP contribution in [-0.2, 0) is 14.2 Å². The van der Waals surface area contributed by atoms with Crippen molar-refractivity contribution in [2.45, 2.75) is 93.5 Å². The summed E-state index contributed by atoms with van der Waals surface area (Å²) in [6, 6.07) is 8.62. The van der Waals surface area contributed by atoms with Gasteiger partial charge in [-0.25, -0.2) is 4.79 Å². The molecule has 0 spiro atoms. The summed E-state index contributed by atoms with van der Waals surface area (Å²) in [4.78, 5) is 12.4. The predicted molar refractivity (Wildman–Crippen MR) is 139 cm³/mol. The molecule has 206 valence electrons. The van der Waals surface area contributed by atoms with E-state index in [4.69, 9.17) is 19.3 Å². The van der Waals surface area contributed by atoms with Crippen molar-refractivity contribution < 1.29 is 44.5 Å². The van der Waals surface area contributed by atoms with Gasteiger partial charge in [-0.15, -0.1) is 0 Å². The molecule has 1 aromatic rings. The number of ether oxygens (including phenoxy) is 3. The number of halogens is 1. The Hall–Kier alpha value is -1.63. The summed E-state index contributed by atoms with van der Waals surface area (Å²) in [6.07, 6.45) is -2.58. The van der Waals surface area contributed by atoms with Crippen LogP contribution in [0.5, 0.6) is 0 Å². The lowest BCUT2D eigenvalue weighted by atomic mass is 9.87. The first kappa shape index (κ1) is 29.9. The van der Waals surface area contributed by atoms with Gasteiger partial charge in [-0.3, -0.25) is 0 Å². The average molecular weight is 585 g/mol. The molecule has 2 unspecified atom stereocenters. The molecule has 0 bridgehead atoms. The minimum atomic E-state index is -1.39. The molecule has 0 amide bonds. The Bertz CT molecular complexity index is 893. The number of hydrogen-bond donors (Lipinski definition) is 5. The quantitative estimate of drug-likeness (QED) is 0.184. The number of fused-ring (bicyclic) bond motifs is 1.